The van der Waals surface area contributed by atoms with Crippen LogP contribution < -0.4 is 5.73 Å². The summed E-state index contributed by atoms with van der Waals surface area (Å²) in [5.74, 6) is 0.802. The van der Waals surface area contributed by atoms with Crippen LogP contribution in [0, 0.1) is 0 Å². The van der Waals surface area contributed by atoms with Crippen LogP contribution in [0.4, 0.5) is 0 Å². The van der Waals surface area contributed by atoms with Crippen molar-refractivity contribution < 1.29 is 0 Å². The Morgan fingerprint density at radius 1 is 1.71 bits per heavy atom. The van der Waals surface area contributed by atoms with Crippen LogP contribution in [0.5, 0.6) is 0 Å². The lowest BCUT2D eigenvalue weighted by atomic mass is 10.3. The summed E-state index contributed by atoms with van der Waals surface area (Å²) in [5.41, 5.74) is 5.40. The number of rotatable bonds is 2. The molecular formula is C4H12ClNS. The molecule has 0 bridgehead atoms. The van der Waals surface area contributed by atoms with E-state index in [1.807, 2.05) is 0 Å². The first kappa shape index (κ1) is 10.6. The van der Waals surface area contributed by atoms with Gasteiger partial charge in [0.15, 0.2) is 0 Å². The second-order valence-corrected chi connectivity index (χ2v) is 1.72. The molecule has 0 spiro atoms. The summed E-state index contributed by atoms with van der Waals surface area (Å²) >= 11 is 3.97. The van der Waals surface area contributed by atoms with Crippen LogP contribution in [0.15, 0.2) is 0 Å². The van der Waals surface area contributed by atoms with Crippen LogP contribution in [0.25, 0.3) is 0 Å². The molecule has 0 aromatic carbocycles. The van der Waals surface area contributed by atoms with Gasteiger partial charge in [-0.3, -0.25) is 0 Å². The van der Waals surface area contributed by atoms with Crippen LogP contribution in [0.2, 0.25) is 0 Å². The molecule has 0 aromatic heterocycles. The predicted molar refractivity (Wildman–Crippen MR) is 39.4 cm³/mol. The zero-order valence-electron chi connectivity index (χ0n) is 4.42. The van der Waals surface area contributed by atoms with Gasteiger partial charge in [-0.25, -0.2) is 0 Å². The van der Waals surface area contributed by atoms with Crippen LogP contribution in [-0.2, 0) is 0 Å². The molecular weight excluding hydrogens is 130 g/mol. The van der Waals surface area contributed by atoms with Crippen molar-refractivity contribution in [3.63, 3.8) is 0 Å². The minimum absolute atomic E-state index is 0. The second-order valence-electron chi connectivity index (χ2n) is 1.35. The highest BCUT2D eigenvalue weighted by Gasteiger charge is 1.89. The van der Waals surface area contributed by atoms with E-state index in [0.717, 1.165) is 12.2 Å². The average Bonchev–Trinajstić information content (AvgIpc) is 1.65. The van der Waals surface area contributed by atoms with Crippen LogP contribution in [0.3, 0.4) is 0 Å². The third-order valence-corrected chi connectivity index (χ3v) is 1.23. The standard InChI is InChI=1S/C4H11NS.ClH/c1-2-4(5)3-6;/h4,6H,2-3,5H2,1H3;1H/t4-;/m1./s1. The Balaban J connectivity index is 0. The van der Waals surface area contributed by atoms with Crippen molar-refractivity contribution in [2.75, 3.05) is 5.75 Å². The Morgan fingerprint density at radius 2 is 2.14 bits per heavy atom. The fraction of sp³-hybridized carbons (Fsp3) is 1.00. The largest absolute Gasteiger partial charge is 0.327 e. The van der Waals surface area contributed by atoms with Gasteiger partial charge in [0.05, 0.1) is 0 Å². The second kappa shape index (κ2) is 6.60. The molecule has 46 valence electrons. The average molecular weight is 142 g/mol. The normalized spacial score (nSPS) is 12.4. The van der Waals surface area contributed by atoms with Crippen molar-refractivity contribution in [3.8, 4) is 0 Å². The van der Waals surface area contributed by atoms with Gasteiger partial charge in [-0.15, -0.1) is 12.4 Å². The number of thiol groups is 1. The van der Waals surface area contributed by atoms with E-state index in [0.29, 0.717) is 6.04 Å². The molecule has 0 aliphatic rings. The van der Waals surface area contributed by atoms with Gasteiger partial charge < -0.3 is 5.73 Å². The van der Waals surface area contributed by atoms with Crippen molar-refractivity contribution in [2.45, 2.75) is 19.4 Å². The zero-order chi connectivity index (χ0) is 4.99. The van der Waals surface area contributed by atoms with Gasteiger partial charge in [-0.1, -0.05) is 6.92 Å². The van der Waals surface area contributed by atoms with Gasteiger partial charge >= 0.3 is 0 Å². The fourth-order valence-corrected chi connectivity index (χ4v) is 0.387. The predicted octanol–water partition coefficient (Wildman–Crippen LogP) is 1.08. The Kier molecular flexibility index (Phi) is 9.95. The molecule has 0 aromatic rings. The molecule has 0 saturated carbocycles. The minimum atomic E-state index is 0. The van der Waals surface area contributed by atoms with Crippen molar-refractivity contribution in [1.82, 2.24) is 0 Å². The van der Waals surface area contributed by atoms with Crippen LogP contribution >= 0.6 is 25.0 Å². The monoisotopic (exact) mass is 141 g/mol. The van der Waals surface area contributed by atoms with Crippen molar-refractivity contribution in [1.29, 1.82) is 0 Å². The number of hydrogen-bond acceptors (Lipinski definition) is 2. The first-order valence-electron chi connectivity index (χ1n) is 2.17. The first-order valence-corrected chi connectivity index (χ1v) is 2.81. The summed E-state index contributed by atoms with van der Waals surface area (Å²) < 4.78 is 0. The SMILES string of the molecule is CC[C@@H](N)CS.Cl. The molecule has 1 nitrogen and oxygen atoms in total. The van der Waals surface area contributed by atoms with Crippen molar-refractivity contribution >= 4 is 25.0 Å². The first-order chi connectivity index (χ1) is 2.81. The molecule has 0 aliphatic carbocycles. The number of hydrogen-bond donors (Lipinski definition) is 2. The summed E-state index contributed by atoms with van der Waals surface area (Å²) in [5, 5.41) is 0. The molecule has 0 saturated heterocycles. The molecule has 0 aliphatic heterocycles. The third-order valence-electron chi connectivity index (χ3n) is 0.759. The number of nitrogens with two attached hydrogens (primary N) is 1. The van der Waals surface area contributed by atoms with Crippen LogP contribution in [0.1, 0.15) is 13.3 Å². The smallest absolute Gasteiger partial charge is 0.0125 e. The topological polar surface area (TPSA) is 26.0 Å². The maximum atomic E-state index is 5.40. The van der Waals surface area contributed by atoms with Crippen LogP contribution in [-0.4, -0.2) is 11.8 Å². The molecule has 7 heavy (non-hydrogen) atoms. The Labute approximate surface area is 56.5 Å². The molecule has 0 unspecified atom stereocenters. The van der Waals surface area contributed by atoms with Crippen molar-refractivity contribution in [2.24, 2.45) is 5.73 Å². The highest BCUT2D eigenvalue weighted by molar-refractivity contribution is 7.80. The molecule has 0 heterocycles. The maximum Gasteiger partial charge on any atom is 0.0125 e. The van der Waals surface area contributed by atoms with E-state index in [-0.39, 0.29) is 12.4 Å². The molecule has 2 N–H and O–H groups in total. The molecule has 0 radical (unpaired) electrons. The summed E-state index contributed by atoms with van der Waals surface area (Å²) in [7, 11) is 0. The van der Waals surface area contributed by atoms with Gasteiger partial charge in [-0.05, 0) is 6.42 Å². The molecule has 0 rings (SSSR count). The lowest BCUT2D eigenvalue weighted by Crippen LogP contribution is -2.19. The summed E-state index contributed by atoms with van der Waals surface area (Å²) in [6.45, 7) is 2.06. The zero-order valence-corrected chi connectivity index (χ0v) is 6.14. The Hall–Kier alpha value is 0.600. The molecule has 1 atom stereocenters. The molecule has 0 fully saturated rings. The maximum absolute atomic E-state index is 5.40. The van der Waals surface area contributed by atoms with Gasteiger partial charge in [-0.2, -0.15) is 12.6 Å². The number of halogens is 1. The van der Waals surface area contributed by atoms with E-state index in [4.69, 9.17) is 5.73 Å². The summed E-state index contributed by atoms with van der Waals surface area (Å²) in [4.78, 5) is 0. The summed E-state index contributed by atoms with van der Waals surface area (Å²) in [6.07, 6.45) is 1.03. The Morgan fingerprint density at radius 3 is 2.14 bits per heavy atom. The highest BCUT2D eigenvalue weighted by Crippen LogP contribution is 1.85. The van der Waals surface area contributed by atoms with Crippen molar-refractivity contribution in [3.05, 3.63) is 0 Å². The van der Waals surface area contributed by atoms with E-state index >= 15 is 0 Å². The van der Waals surface area contributed by atoms with Gasteiger partial charge in [0.1, 0.15) is 0 Å². The van der Waals surface area contributed by atoms with E-state index in [9.17, 15) is 0 Å². The fourth-order valence-electron chi connectivity index (χ4n) is 0.129. The van der Waals surface area contributed by atoms with Gasteiger partial charge in [0.2, 0.25) is 0 Å². The lowest BCUT2D eigenvalue weighted by Gasteiger charge is -1.99. The minimum Gasteiger partial charge on any atom is -0.327 e. The molecule has 3 heteroatoms. The lowest BCUT2D eigenvalue weighted by molar-refractivity contribution is 0.727. The quantitative estimate of drug-likeness (QED) is 0.553. The van der Waals surface area contributed by atoms with E-state index in [1.165, 1.54) is 0 Å². The molecule has 0 amide bonds. The third kappa shape index (κ3) is 6.60. The van der Waals surface area contributed by atoms with E-state index in [2.05, 4.69) is 19.6 Å². The van der Waals surface area contributed by atoms with Gasteiger partial charge in [0.25, 0.3) is 0 Å². The van der Waals surface area contributed by atoms with Gasteiger partial charge in [0, 0.05) is 11.8 Å². The van der Waals surface area contributed by atoms with E-state index < -0.39 is 0 Å². The van der Waals surface area contributed by atoms with E-state index in [1.54, 1.807) is 0 Å². The summed E-state index contributed by atoms with van der Waals surface area (Å²) in [6, 6.07) is 0.299. The Bertz CT molecular complexity index is 30.9. The highest BCUT2D eigenvalue weighted by atomic mass is 35.5.